The molecule has 1 aromatic rings. The molecular weight excluding hydrogens is 252 g/mol. The average molecular weight is 276 g/mol. The summed E-state index contributed by atoms with van der Waals surface area (Å²) < 4.78 is 5.22. The third kappa shape index (κ3) is 3.33. The Labute approximate surface area is 121 Å². The van der Waals surface area contributed by atoms with E-state index in [2.05, 4.69) is 6.92 Å². The monoisotopic (exact) mass is 276 g/mol. The first kappa shape index (κ1) is 14.9. The van der Waals surface area contributed by atoms with E-state index in [1.807, 2.05) is 12.1 Å². The first-order valence-corrected chi connectivity index (χ1v) is 7.57. The van der Waals surface area contributed by atoms with Crippen LogP contribution >= 0.6 is 0 Å². The first-order valence-electron chi connectivity index (χ1n) is 7.57. The number of carboxylic acid groups (broad SMARTS) is 1. The molecule has 0 amide bonds. The minimum Gasteiger partial charge on any atom is -0.496 e. The molecule has 110 valence electrons. The van der Waals surface area contributed by atoms with Crippen LogP contribution in [0.1, 0.15) is 67.3 Å². The van der Waals surface area contributed by atoms with Gasteiger partial charge in [0.15, 0.2) is 0 Å². The van der Waals surface area contributed by atoms with E-state index >= 15 is 0 Å². The Kier molecular flexibility index (Phi) is 5.05. The van der Waals surface area contributed by atoms with Gasteiger partial charge in [0, 0.05) is 0 Å². The molecule has 1 aliphatic rings. The zero-order valence-corrected chi connectivity index (χ0v) is 12.4. The van der Waals surface area contributed by atoms with Crippen LogP contribution in [0.25, 0.3) is 0 Å². The van der Waals surface area contributed by atoms with Crippen LogP contribution in [0.3, 0.4) is 0 Å². The van der Waals surface area contributed by atoms with Crippen molar-refractivity contribution in [3.05, 3.63) is 29.3 Å². The van der Waals surface area contributed by atoms with Gasteiger partial charge in [0.05, 0.1) is 7.11 Å². The molecule has 1 aliphatic carbocycles. The van der Waals surface area contributed by atoms with Gasteiger partial charge in [-0.05, 0) is 55.2 Å². The normalized spacial score (nSPS) is 22.5. The van der Waals surface area contributed by atoms with Gasteiger partial charge in [-0.25, -0.2) is 4.79 Å². The number of methoxy groups -OCH3 is 1. The van der Waals surface area contributed by atoms with Gasteiger partial charge in [-0.15, -0.1) is 0 Å². The second-order valence-electron chi connectivity index (χ2n) is 5.77. The lowest BCUT2D eigenvalue weighted by Gasteiger charge is -2.29. The highest BCUT2D eigenvalue weighted by atomic mass is 16.5. The summed E-state index contributed by atoms with van der Waals surface area (Å²) in [6.07, 6.45) is 7.62. The van der Waals surface area contributed by atoms with Gasteiger partial charge in [-0.2, -0.15) is 0 Å². The second kappa shape index (κ2) is 6.78. The zero-order chi connectivity index (χ0) is 14.5. The lowest BCUT2D eigenvalue weighted by molar-refractivity contribution is 0.0693. The lowest BCUT2D eigenvalue weighted by Crippen LogP contribution is -2.13. The van der Waals surface area contributed by atoms with E-state index < -0.39 is 5.97 Å². The summed E-state index contributed by atoms with van der Waals surface area (Å²) in [7, 11) is 1.53. The van der Waals surface area contributed by atoms with Crippen LogP contribution in [0, 0.1) is 5.92 Å². The molecule has 1 saturated carbocycles. The number of rotatable bonds is 5. The molecule has 3 heteroatoms. The summed E-state index contributed by atoms with van der Waals surface area (Å²) in [5, 5.41) is 9.11. The highest BCUT2D eigenvalue weighted by Crippen LogP contribution is 2.38. The molecule has 0 atom stereocenters. The van der Waals surface area contributed by atoms with Gasteiger partial charge < -0.3 is 9.84 Å². The summed E-state index contributed by atoms with van der Waals surface area (Å²) in [6.45, 7) is 2.25. The van der Waals surface area contributed by atoms with E-state index in [4.69, 9.17) is 9.84 Å². The van der Waals surface area contributed by atoms with Gasteiger partial charge in [-0.3, -0.25) is 0 Å². The molecule has 2 rings (SSSR count). The maximum absolute atomic E-state index is 11.1. The summed E-state index contributed by atoms with van der Waals surface area (Å²) in [4.78, 5) is 11.1. The molecule has 0 aromatic heterocycles. The van der Waals surface area contributed by atoms with Crippen LogP contribution in [0.5, 0.6) is 5.75 Å². The Hall–Kier alpha value is -1.51. The summed E-state index contributed by atoms with van der Waals surface area (Å²) in [6, 6.07) is 5.54. The van der Waals surface area contributed by atoms with Crippen LogP contribution in [0.15, 0.2) is 18.2 Å². The number of carboxylic acids is 1. The third-order valence-corrected chi connectivity index (χ3v) is 4.47. The fourth-order valence-electron chi connectivity index (χ4n) is 3.33. The van der Waals surface area contributed by atoms with Crippen molar-refractivity contribution in [1.82, 2.24) is 0 Å². The van der Waals surface area contributed by atoms with Crippen molar-refractivity contribution in [2.45, 2.75) is 51.4 Å². The van der Waals surface area contributed by atoms with E-state index in [1.165, 1.54) is 51.2 Å². The first-order chi connectivity index (χ1) is 9.65. The molecule has 1 fully saturated rings. The van der Waals surface area contributed by atoms with E-state index in [1.54, 1.807) is 6.07 Å². The van der Waals surface area contributed by atoms with Gasteiger partial charge in [0.2, 0.25) is 0 Å². The highest BCUT2D eigenvalue weighted by molar-refractivity contribution is 5.91. The largest absolute Gasteiger partial charge is 0.496 e. The van der Waals surface area contributed by atoms with E-state index in [0.29, 0.717) is 11.7 Å². The van der Waals surface area contributed by atoms with Gasteiger partial charge >= 0.3 is 5.97 Å². The van der Waals surface area contributed by atoms with Crippen LogP contribution in [0.4, 0.5) is 0 Å². The molecular formula is C17H24O3. The molecule has 0 heterocycles. The van der Waals surface area contributed by atoms with Crippen LogP contribution in [-0.4, -0.2) is 18.2 Å². The van der Waals surface area contributed by atoms with E-state index in [-0.39, 0.29) is 5.56 Å². The maximum atomic E-state index is 11.1. The van der Waals surface area contributed by atoms with Gasteiger partial charge in [0.1, 0.15) is 11.3 Å². The highest BCUT2D eigenvalue weighted by Gasteiger charge is 2.23. The second-order valence-corrected chi connectivity index (χ2v) is 5.77. The molecule has 0 spiro atoms. The Morgan fingerprint density at radius 3 is 2.55 bits per heavy atom. The summed E-state index contributed by atoms with van der Waals surface area (Å²) in [5.74, 6) is 0.988. The van der Waals surface area contributed by atoms with Crippen LogP contribution in [-0.2, 0) is 0 Å². The van der Waals surface area contributed by atoms with Gasteiger partial charge in [-0.1, -0.05) is 25.8 Å². The third-order valence-electron chi connectivity index (χ3n) is 4.47. The van der Waals surface area contributed by atoms with Crippen molar-refractivity contribution >= 4 is 5.97 Å². The molecule has 0 bridgehead atoms. The van der Waals surface area contributed by atoms with Crippen molar-refractivity contribution in [2.24, 2.45) is 5.92 Å². The fraction of sp³-hybridized carbons (Fsp3) is 0.588. The molecule has 0 aliphatic heterocycles. The predicted molar refractivity (Wildman–Crippen MR) is 79.6 cm³/mol. The van der Waals surface area contributed by atoms with E-state index in [0.717, 1.165) is 5.92 Å². The molecule has 1 N–H and O–H groups in total. The standard InChI is InChI=1S/C17H24O3/c1-3-4-12-5-7-13(8-6-12)14-9-10-15(17(18)19)16(11-14)20-2/h9-13H,3-8H2,1-2H3,(H,18,19). The Morgan fingerprint density at radius 1 is 1.30 bits per heavy atom. The van der Waals surface area contributed by atoms with Crippen molar-refractivity contribution in [3.8, 4) is 5.75 Å². The Balaban J connectivity index is 2.08. The van der Waals surface area contributed by atoms with Crippen molar-refractivity contribution in [2.75, 3.05) is 7.11 Å². The van der Waals surface area contributed by atoms with Crippen LogP contribution < -0.4 is 4.74 Å². The number of hydrogen-bond acceptors (Lipinski definition) is 2. The smallest absolute Gasteiger partial charge is 0.339 e. The quantitative estimate of drug-likeness (QED) is 0.863. The number of ether oxygens (including phenoxy) is 1. The fourth-order valence-corrected chi connectivity index (χ4v) is 3.33. The Morgan fingerprint density at radius 2 is 2.00 bits per heavy atom. The topological polar surface area (TPSA) is 46.5 Å². The predicted octanol–water partition coefficient (Wildman–Crippen LogP) is 4.47. The zero-order valence-electron chi connectivity index (χ0n) is 12.4. The average Bonchev–Trinajstić information content (AvgIpc) is 2.47. The molecule has 1 aromatic carbocycles. The number of carbonyl (C=O) groups is 1. The number of hydrogen-bond donors (Lipinski definition) is 1. The minimum absolute atomic E-state index is 0.246. The number of aromatic carboxylic acids is 1. The Bertz CT molecular complexity index is 459. The van der Waals surface area contributed by atoms with Crippen LogP contribution in [0.2, 0.25) is 0 Å². The van der Waals surface area contributed by atoms with E-state index in [9.17, 15) is 4.79 Å². The minimum atomic E-state index is -0.931. The molecule has 0 saturated heterocycles. The van der Waals surface area contributed by atoms with Crippen molar-refractivity contribution < 1.29 is 14.6 Å². The molecule has 20 heavy (non-hydrogen) atoms. The van der Waals surface area contributed by atoms with Gasteiger partial charge in [0.25, 0.3) is 0 Å². The van der Waals surface area contributed by atoms with Crippen molar-refractivity contribution in [1.29, 1.82) is 0 Å². The summed E-state index contributed by atoms with van der Waals surface area (Å²) >= 11 is 0. The summed E-state index contributed by atoms with van der Waals surface area (Å²) in [5.41, 5.74) is 1.47. The maximum Gasteiger partial charge on any atom is 0.339 e. The number of benzene rings is 1. The lowest BCUT2D eigenvalue weighted by atomic mass is 9.77. The molecule has 3 nitrogen and oxygen atoms in total. The van der Waals surface area contributed by atoms with Crippen molar-refractivity contribution in [3.63, 3.8) is 0 Å². The molecule has 0 unspecified atom stereocenters. The SMILES string of the molecule is CCCC1CCC(c2ccc(C(=O)O)c(OC)c2)CC1. The molecule has 0 radical (unpaired) electrons.